The molecular weight excluding hydrogens is 392 g/mol. The number of para-hydroxylation sites is 1. The molecule has 6 heteroatoms. The van der Waals surface area contributed by atoms with E-state index in [4.69, 9.17) is 4.98 Å². The van der Waals surface area contributed by atoms with E-state index < -0.39 is 0 Å². The van der Waals surface area contributed by atoms with E-state index in [-0.39, 0.29) is 11.6 Å². The Balaban J connectivity index is 2.16. The molecule has 1 saturated heterocycles. The van der Waals surface area contributed by atoms with Crippen LogP contribution < -0.4 is 10.9 Å². The van der Waals surface area contributed by atoms with Crippen molar-refractivity contribution in [3.63, 3.8) is 0 Å². The average Bonchev–Trinajstić information content (AvgIpc) is 2.59. The summed E-state index contributed by atoms with van der Waals surface area (Å²) < 4.78 is 2.75. The van der Waals surface area contributed by atoms with Crippen LogP contribution in [-0.4, -0.2) is 39.6 Å². The predicted molar refractivity (Wildman–Crippen MR) is 111 cm³/mol. The number of aromatic nitrogens is 2. The van der Waals surface area contributed by atoms with Gasteiger partial charge in [0, 0.05) is 36.2 Å². The molecule has 0 amide bonds. The van der Waals surface area contributed by atoms with Gasteiger partial charge in [0.05, 0.1) is 16.9 Å². The first-order valence-electron chi connectivity index (χ1n) is 9.65. The third kappa shape index (κ3) is 3.73. The summed E-state index contributed by atoms with van der Waals surface area (Å²) in [7, 11) is 0. The molecule has 3 atom stereocenters. The third-order valence-electron chi connectivity index (χ3n) is 5.17. The second kappa shape index (κ2) is 8.19. The molecule has 0 bridgehead atoms. The van der Waals surface area contributed by atoms with Crippen molar-refractivity contribution >= 4 is 26.8 Å². The van der Waals surface area contributed by atoms with Gasteiger partial charge in [-0.25, -0.2) is 4.98 Å². The number of benzene rings is 1. The van der Waals surface area contributed by atoms with E-state index in [2.05, 4.69) is 46.9 Å². The molecular formula is C20H29BrN4O. The smallest absolute Gasteiger partial charge is 0.261 e. The molecule has 1 fully saturated rings. The van der Waals surface area contributed by atoms with E-state index in [1.54, 1.807) is 0 Å². The van der Waals surface area contributed by atoms with Crippen LogP contribution in [0.5, 0.6) is 0 Å². The number of rotatable bonds is 5. The second-order valence-corrected chi connectivity index (χ2v) is 8.24. The van der Waals surface area contributed by atoms with Crippen molar-refractivity contribution in [1.82, 2.24) is 19.8 Å². The number of hydrogen-bond acceptors (Lipinski definition) is 4. The molecule has 2 aromatic rings. The van der Waals surface area contributed by atoms with Crippen molar-refractivity contribution in [2.24, 2.45) is 0 Å². The van der Waals surface area contributed by atoms with E-state index in [1.807, 2.05) is 29.7 Å². The standard InChI is InChI=1S/C20H29BrN4O/c1-5-8-17(24-11-13(3)22-14(4)12-24)19-23-18-15(9-7-10-16(18)21)20(26)25(19)6-2/h7,9-10,13-14,17,22H,5-6,8,11-12H2,1-4H3/t13-,14+,17?. The molecule has 1 N–H and O–H groups in total. The molecule has 1 unspecified atom stereocenters. The highest BCUT2D eigenvalue weighted by molar-refractivity contribution is 9.10. The first-order valence-corrected chi connectivity index (χ1v) is 10.4. The number of fused-ring (bicyclic) bond motifs is 1. The summed E-state index contributed by atoms with van der Waals surface area (Å²) in [4.78, 5) is 20.6. The van der Waals surface area contributed by atoms with Crippen molar-refractivity contribution in [3.05, 3.63) is 38.9 Å². The Labute approximate surface area is 163 Å². The summed E-state index contributed by atoms with van der Waals surface area (Å²) in [5.74, 6) is 0.903. The number of halogens is 1. The van der Waals surface area contributed by atoms with Crippen LogP contribution in [0.15, 0.2) is 27.5 Å². The van der Waals surface area contributed by atoms with Crippen molar-refractivity contribution in [2.75, 3.05) is 13.1 Å². The summed E-state index contributed by atoms with van der Waals surface area (Å²) in [6, 6.07) is 6.77. The highest BCUT2D eigenvalue weighted by atomic mass is 79.9. The van der Waals surface area contributed by atoms with Crippen LogP contribution >= 0.6 is 15.9 Å². The summed E-state index contributed by atoms with van der Waals surface area (Å²) in [6.07, 6.45) is 2.06. The molecule has 2 heterocycles. The molecule has 1 aliphatic heterocycles. The fourth-order valence-electron chi connectivity index (χ4n) is 4.16. The molecule has 26 heavy (non-hydrogen) atoms. The van der Waals surface area contributed by atoms with Crippen LogP contribution in [0.25, 0.3) is 10.9 Å². The van der Waals surface area contributed by atoms with Gasteiger partial charge in [0.25, 0.3) is 5.56 Å². The molecule has 1 aromatic heterocycles. The van der Waals surface area contributed by atoms with E-state index in [0.717, 1.165) is 41.7 Å². The third-order valence-corrected chi connectivity index (χ3v) is 5.81. The summed E-state index contributed by atoms with van der Waals surface area (Å²) in [5, 5.41) is 4.28. The Hall–Kier alpha value is -1.24. The molecule has 3 rings (SSSR count). The molecule has 142 valence electrons. The highest BCUT2D eigenvalue weighted by Gasteiger charge is 2.30. The molecule has 0 radical (unpaired) electrons. The lowest BCUT2D eigenvalue weighted by atomic mass is 10.0. The SMILES string of the molecule is CCCC(c1nc2c(Br)cccc2c(=O)n1CC)N1C[C@@H](C)N[C@@H](C)C1. The minimum Gasteiger partial charge on any atom is -0.309 e. The Bertz CT molecular complexity index is 824. The van der Waals surface area contributed by atoms with Gasteiger partial charge in [-0.2, -0.15) is 0 Å². The predicted octanol–water partition coefficient (Wildman–Crippen LogP) is 3.70. The summed E-state index contributed by atoms with van der Waals surface area (Å²) in [5.41, 5.74) is 0.834. The van der Waals surface area contributed by atoms with Gasteiger partial charge in [0.15, 0.2) is 0 Å². The van der Waals surface area contributed by atoms with E-state index in [1.165, 1.54) is 0 Å². The Morgan fingerprint density at radius 1 is 1.27 bits per heavy atom. The van der Waals surface area contributed by atoms with Gasteiger partial charge < -0.3 is 5.32 Å². The molecule has 0 saturated carbocycles. The molecule has 5 nitrogen and oxygen atoms in total. The highest BCUT2D eigenvalue weighted by Crippen LogP contribution is 2.28. The number of hydrogen-bond donors (Lipinski definition) is 1. The lowest BCUT2D eigenvalue weighted by Crippen LogP contribution is -2.55. The summed E-state index contributed by atoms with van der Waals surface area (Å²) >= 11 is 3.58. The lowest BCUT2D eigenvalue weighted by molar-refractivity contribution is 0.109. The molecule has 0 spiro atoms. The fraction of sp³-hybridized carbons (Fsp3) is 0.600. The van der Waals surface area contributed by atoms with Crippen LogP contribution in [0, 0.1) is 0 Å². The quantitative estimate of drug-likeness (QED) is 0.800. The van der Waals surface area contributed by atoms with Gasteiger partial charge in [-0.15, -0.1) is 0 Å². The van der Waals surface area contributed by atoms with Gasteiger partial charge in [-0.05, 0) is 55.3 Å². The molecule has 0 aliphatic carbocycles. The zero-order valence-electron chi connectivity index (χ0n) is 16.1. The van der Waals surface area contributed by atoms with Gasteiger partial charge >= 0.3 is 0 Å². The monoisotopic (exact) mass is 420 g/mol. The number of nitrogens with one attached hydrogen (secondary N) is 1. The first kappa shape index (κ1) is 19.5. The van der Waals surface area contributed by atoms with Crippen LogP contribution in [0.3, 0.4) is 0 Å². The van der Waals surface area contributed by atoms with Gasteiger partial charge in [0.1, 0.15) is 5.82 Å². The van der Waals surface area contributed by atoms with Gasteiger partial charge in [-0.1, -0.05) is 19.4 Å². The largest absolute Gasteiger partial charge is 0.309 e. The van der Waals surface area contributed by atoms with Crippen molar-refractivity contribution < 1.29 is 0 Å². The van der Waals surface area contributed by atoms with E-state index in [0.29, 0.717) is 24.0 Å². The Kier molecular flexibility index (Phi) is 6.15. The van der Waals surface area contributed by atoms with Crippen LogP contribution in [0.2, 0.25) is 0 Å². The molecule has 1 aromatic carbocycles. The average molecular weight is 421 g/mol. The number of nitrogens with zero attached hydrogens (tertiary/aromatic N) is 3. The van der Waals surface area contributed by atoms with Crippen molar-refractivity contribution in [1.29, 1.82) is 0 Å². The van der Waals surface area contributed by atoms with Crippen molar-refractivity contribution in [3.8, 4) is 0 Å². The lowest BCUT2D eigenvalue weighted by Gasteiger charge is -2.41. The maximum absolute atomic E-state index is 13.1. The van der Waals surface area contributed by atoms with Gasteiger partial charge in [0.2, 0.25) is 0 Å². The maximum atomic E-state index is 13.1. The minimum atomic E-state index is 0.0612. The van der Waals surface area contributed by atoms with Crippen LogP contribution in [0.1, 0.15) is 52.4 Å². The topological polar surface area (TPSA) is 50.2 Å². The fourth-order valence-corrected chi connectivity index (χ4v) is 4.61. The van der Waals surface area contributed by atoms with Crippen LogP contribution in [-0.2, 0) is 6.54 Å². The van der Waals surface area contributed by atoms with E-state index in [9.17, 15) is 4.79 Å². The normalized spacial score (nSPS) is 22.7. The molecule has 1 aliphatic rings. The maximum Gasteiger partial charge on any atom is 0.261 e. The van der Waals surface area contributed by atoms with E-state index >= 15 is 0 Å². The first-order chi connectivity index (χ1) is 12.5. The second-order valence-electron chi connectivity index (χ2n) is 7.38. The summed E-state index contributed by atoms with van der Waals surface area (Å²) in [6.45, 7) is 11.3. The zero-order valence-corrected chi connectivity index (χ0v) is 17.7. The van der Waals surface area contributed by atoms with Crippen molar-refractivity contribution in [2.45, 2.75) is 65.2 Å². The van der Waals surface area contributed by atoms with Crippen LogP contribution in [0.4, 0.5) is 0 Å². The number of piperazine rings is 1. The Morgan fingerprint density at radius 3 is 2.58 bits per heavy atom. The van der Waals surface area contributed by atoms with Gasteiger partial charge in [-0.3, -0.25) is 14.3 Å². The Morgan fingerprint density at radius 2 is 1.96 bits per heavy atom. The zero-order chi connectivity index (χ0) is 18.8. The minimum absolute atomic E-state index is 0.0612.